The van der Waals surface area contributed by atoms with Crippen LogP contribution >= 0.6 is 11.8 Å². The van der Waals surface area contributed by atoms with E-state index >= 15 is 0 Å². The molecule has 0 aliphatic heterocycles. The zero-order valence-corrected chi connectivity index (χ0v) is 21.3. The van der Waals surface area contributed by atoms with Crippen LogP contribution in [0.5, 0.6) is 23.0 Å². The normalized spacial score (nSPS) is 11.0. The Balaban J connectivity index is 1.86. The van der Waals surface area contributed by atoms with E-state index in [0.29, 0.717) is 16.6 Å². The van der Waals surface area contributed by atoms with Gasteiger partial charge in [-0.3, -0.25) is 4.79 Å². The zero-order valence-electron chi connectivity index (χ0n) is 20.5. The Morgan fingerprint density at radius 1 is 1.03 bits per heavy atom. The summed E-state index contributed by atoms with van der Waals surface area (Å²) in [4.78, 5) is 27.1. The molecule has 0 atom stereocenters. The maximum absolute atomic E-state index is 13.0. The van der Waals surface area contributed by atoms with Crippen LogP contribution in [0.3, 0.4) is 0 Å². The second kappa shape index (κ2) is 12.5. The Bertz CT molecular complexity index is 1230. The molecule has 11 heteroatoms. The molecule has 10 nitrogen and oxygen atoms in total. The Hall–Kier alpha value is -3.41. The van der Waals surface area contributed by atoms with Crippen molar-refractivity contribution in [2.45, 2.75) is 29.9 Å². The molecule has 0 saturated carbocycles. The van der Waals surface area contributed by atoms with Crippen molar-refractivity contribution in [2.24, 2.45) is 0 Å². The maximum atomic E-state index is 13.0. The van der Waals surface area contributed by atoms with E-state index < -0.39 is 6.09 Å². The molecule has 3 aromatic rings. The second-order valence-electron chi connectivity index (χ2n) is 7.79. The number of ether oxygens (including phenoxy) is 4. The van der Waals surface area contributed by atoms with Crippen molar-refractivity contribution >= 4 is 28.8 Å². The summed E-state index contributed by atoms with van der Waals surface area (Å²) in [6, 6.07) is 9.59. The van der Waals surface area contributed by atoms with E-state index in [-0.39, 0.29) is 60.3 Å². The Labute approximate surface area is 212 Å². The molecule has 0 unspecified atom stereocenters. The number of fused-ring (bicyclic) bond motifs is 1. The average Bonchev–Trinajstić information content (AvgIpc) is 2.83. The monoisotopic (exact) mass is 519 g/mol. The number of carbonyl (C=O) groups excluding carboxylic acids is 1. The first kappa shape index (κ1) is 27.2. The predicted molar refractivity (Wildman–Crippen MR) is 134 cm³/mol. The first-order chi connectivity index (χ1) is 17.3. The van der Waals surface area contributed by atoms with E-state index in [2.05, 4.69) is 0 Å². The number of hydrogen-bond acceptors (Lipinski definition) is 10. The fourth-order valence-electron chi connectivity index (χ4n) is 3.40. The summed E-state index contributed by atoms with van der Waals surface area (Å²) >= 11 is 1.21. The highest BCUT2D eigenvalue weighted by Gasteiger charge is 2.22. The molecule has 0 radical (unpaired) electrons. The summed E-state index contributed by atoms with van der Waals surface area (Å²) in [6.45, 7) is 3.35. The maximum Gasteiger partial charge on any atom is 0.415 e. The smallest absolute Gasteiger partial charge is 0.415 e. The summed E-state index contributed by atoms with van der Waals surface area (Å²) < 4.78 is 28.0. The minimum Gasteiger partial charge on any atom is -0.492 e. The van der Waals surface area contributed by atoms with E-state index in [1.165, 1.54) is 36.9 Å². The molecule has 0 bridgehead atoms. The highest BCUT2D eigenvalue weighted by atomic mass is 32.2. The number of amides is 1. The lowest BCUT2D eigenvalue weighted by Crippen LogP contribution is -2.37. The standard InChI is InChI=1S/C25H29NO9S/c1-15(2)33-20-14-19-22(24(32-4)23(20)31-3)18(29)13-21(35-19)36-17-7-5-16(6-8-17)34-25(30)26(9-11-27)10-12-28/h5-8,13-15,27-28H,9-12H2,1-4H3. The lowest BCUT2D eigenvalue weighted by atomic mass is 10.1. The van der Waals surface area contributed by atoms with Crippen LogP contribution in [0.15, 0.2) is 55.6 Å². The van der Waals surface area contributed by atoms with Crippen LogP contribution in [-0.4, -0.2) is 67.8 Å². The van der Waals surface area contributed by atoms with Gasteiger partial charge in [0.1, 0.15) is 16.7 Å². The van der Waals surface area contributed by atoms with Crippen molar-refractivity contribution in [1.82, 2.24) is 4.90 Å². The van der Waals surface area contributed by atoms with Crippen molar-refractivity contribution in [3.05, 3.63) is 46.6 Å². The van der Waals surface area contributed by atoms with Crippen LogP contribution in [0.25, 0.3) is 11.0 Å². The fraction of sp³-hybridized carbons (Fsp3) is 0.360. The van der Waals surface area contributed by atoms with Gasteiger partial charge in [0.2, 0.25) is 5.75 Å². The van der Waals surface area contributed by atoms with Gasteiger partial charge in [-0.15, -0.1) is 0 Å². The molecular weight excluding hydrogens is 490 g/mol. The molecule has 0 aliphatic rings. The number of nitrogens with zero attached hydrogens (tertiary/aromatic N) is 1. The van der Waals surface area contributed by atoms with Gasteiger partial charge in [-0.25, -0.2) is 4.79 Å². The molecule has 0 fully saturated rings. The molecule has 194 valence electrons. The minimum atomic E-state index is -0.678. The molecule has 1 heterocycles. The van der Waals surface area contributed by atoms with Crippen molar-refractivity contribution < 1.29 is 38.4 Å². The van der Waals surface area contributed by atoms with E-state index in [4.69, 9.17) is 33.6 Å². The molecule has 2 aromatic carbocycles. The number of hydrogen-bond donors (Lipinski definition) is 2. The van der Waals surface area contributed by atoms with Gasteiger partial charge >= 0.3 is 6.09 Å². The highest BCUT2D eigenvalue weighted by Crippen LogP contribution is 2.43. The molecule has 2 N–H and O–H groups in total. The quantitative estimate of drug-likeness (QED) is 0.388. The summed E-state index contributed by atoms with van der Waals surface area (Å²) in [5, 5.41) is 18.7. The topological polar surface area (TPSA) is 128 Å². The van der Waals surface area contributed by atoms with E-state index in [0.717, 1.165) is 4.90 Å². The molecular formula is C25H29NO9S. The molecule has 0 saturated heterocycles. The number of benzene rings is 2. The van der Waals surface area contributed by atoms with Gasteiger partial charge in [-0.2, -0.15) is 0 Å². The Morgan fingerprint density at radius 3 is 2.22 bits per heavy atom. The number of aliphatic hydroxyl groups is 2. The number of carbonyl (C=O) groups is 1. The van der Waals surface area contributed by atoms with Gasteiger partial charge < -0.3 is 38.5 Å². The van der Waals surface area contributed by atoms with Crippen LogP contribution in [0.2, 0.25) is 0 Å². The number of methoxy groups -OCH3 is 2. The fourth-order valence-corrected chi connectivity index (χ4v) is 4.20. The summed E-state index contributed by atoms with van der Waals surface area (Å²) in [5.74, 6) is 1.23. The lowest BCUT2D eigenvalue weighted by Gasteiger charge is -2.19. The zero-order chi connectivity index (χ0) is 26.2. The van der Waals surface area contributed by atoms with E-state index in [1.807, 2.05) is 13.8 Å². The predicted octanol–water partition coefficient (Wildman–Crippen LogP) is 3.53. The Morgan fingerprint density at radius 2 is 1.67 bits per heavy atom. The van der Waals surface area contributed by atoms with Crippen LogP contribution in [0.1, 0.15) is 13.8 Å². The average molecular weight is 520 g/mol. The summed E-state index contributed by atoms with van der Waals surface area (Å²) in [6.07, 6.45) is -0.819. The van der Waals surface area contributed by atoms with Crippen molar-refractivity contribution in [3.8, 4) is 23.0 Å². The van der Waals surface area contributed by atoms with Crippen molar-refractivity contribution in [2.75, 3.05) is 40.5 Å². The van der Waals surface area contributed by atoms with Gasteiger partial charge in [0.05, 0.1) is 33.5 Å². The largest absolute Gasteiger partial charge is 0.492 e. The molecule has 0 spiro atoms. The Kier molecular flexibility index (Phi) is 9.45. The van der Waals surface area contributed by atoms with Gasteiger partial charge in [0.15, 0.2) is 22.0 Å². The van der Waals surface area contributed by atoms with Crippen LogP contribution in [-0.2, 0) is 0 Å². The number of aliphatic hydroxyl groups excluding tert-OH is 2. The lowest BCUT2D eigenvalue weighted by molar-refractivity contribution is 0.125. The highest BCUT2D eigenvalue weighted by molar-refractivity contribution is 7.99. The van der Waals surface area contributed by atoms with Gasteiger partial charge in [0.25, 0.3) is 0 Å². The third kappa shape index (κ3) is 6.42. The van der Waals surface area contributed by atoms with E-state index in [9.17, 15) is 9.59 Å². The molecule has 36 heavy (non-hydrogen) atoms. The van der Waals surface area contributed by atoms with Crippen LogP contribution in [0, 0.1) is 0 Å². The summed E-state index contributed by atoms with van der Waals surface area (Å²) in [5.41, 5.74) is -0.0138. The summed E-state index contributed by atoms with van der Waals surface area (Å²) in [7, 11) is 2.92. The van der Waals surface area contributed by atoms with Crippen LogP contribution in [0.4, 0.5) is 4.79 Å². The second-order valence-corrected chi connectivity index (χ2v) is 8.86. The van der Waals surface area contributed by atoms with Gasteiger partial charge in [-0.05, 0) is 38.1 Å². The number of rotatable bonds is 11. The molecule has 1 aromatic heterocycles. The van der Waals surface area contributed by atoms with Gasteiger partial charge in [0, 0.05) is 30.1 Å². The molecule has 1 amide bonds. The third-order valence-corrected chi connectivity index (χ3v) is 5.80. The molecule has 0 aliphatic carbocycles. The first-order valence-corrected chi connectivity index (χ1v) is 12.0. The van der Waals surface area contributed by atoms with Crippen LogP contribution < -0.4 is 24.4 Å². The third-order valence-electron chi connectivity index (χ3n) is 4.89. The minimum absolute atomic E-state index is 0.0505. The van der Waals surface area contributed by atoms with E-state index in [1.54, 1.807) is 30.3 Å². The van der Waals surface area contributed by atoms with Crippen molar-refractivity contribution in [1.29, 1.82) is 0 Å². The van der Waals surface area contributed by atoms with Crippen molar-refractivity contribution in [3.63, 3.8) is 0 Å². The van der Waals surface area contributed by atoms with Gasteiger partial charge in [-0.1, -0.05) is 11.8 Å². The first-order valence-electron chi connectivity index (χ1n) is 11.2. The molecule has 3 rings (SSSR count). The SMILES string of the molecule is COc1c(OC(C)C)cc2oc(Sc3ccc(OC(=O)N(CCO)CCO)cc3)cc(=O)c2c1OC.